The first-order valence-corrected chi connectivity index (χ1v) is 6.19. The van der Waals surface area contributed by atoms with Gasteiger partial charge < -0.3 is 14.5 Å². The quantitative estimate of drug-likeness (QED) is 0.669. The molecule has 0 N–H and O–H groups in total. The molecule has 2 heterocycles. The van der Waals surface area contributed by atoms with Crippen LogP contribution in [-0.2, 0) is 14.3 Å². The summed E-state index contributed by atoms with van der Waals surface area (Å²) in [5.74, 6) is -0.432. The normalized spacial score (nSPS) is 26.0. The zero-order chi connectivity index (χ0) is 13.1. The van der Waals surface area contributed by atoms with Crippen LogP contribution in [0.2, 0.25) is 0 Å². The summed E-state index contributed by atoms with van der Waals surface area (Å²) in [6.45, 7) is 4.35. The third-order valence-corrected chi connectivity index (χ3v) is 3.49. The largest absolute Gasteiger partial charge is 0.378 e. The molecule has 0 aromatic rings. The highest BCUT2D eigenvalue weighted by atomic mass is 16.5. The third-order valence-electron chi connectivity index (χ3n) is 3.49. The van der Waals surface area contributed by atoms with E-state index >= 15 is 0 Å². The van der Waals surface area contributed by atoms with Crippen LogP contribution in [0.15, 0.2) is 0 Å². The molecule has 2 amide bonds. The number of nitrogens with zero attached hydrogens (tertiary/aromatic N) is 3. The van der Waals surface area contributed by atoms with E-state index < -0.39 is 6.04 Å². The number of ether oxygens (including phenoxy) is 1. The summed E-state index contributed by atoms with van der Waals surface area (Å²) in [6, 6.07) is 1.61. The van der Waals surface area contributed by atoms with Gasteiger partial charge in [-0.15, -0.1) is 0 Å². The molecule has 98 valence electrons. The second-order valence-corrected chi connectivity index (χ2v) is 4.69. The van der Waals surface area contributed by atoms with Crippen LogP contribution in [0.5, 0.6) is 0 Å². The molecular weight excluding hydrogens is 234 g/mol. The number of likely N-dealkylation sites (tertiary alicyclic amines) is 1. The zero-order valence-corrected chi connectivity index (χ0v) is 10.5. The Morgan fingerprint density at radius 1 is 1.50 bits per heavy atom. The van der Waals surface area contributed by atoms with E-state index in [-0.39, 0.29) is 24.2 Å². The van der Waals surface area contributed by atoms with Gasteiger partial charge in [-0.25, -0.2) is 0 Å². The van der Waals surface area contributed by atoms with Crippen LogP contribution >= 0.6 is 0 Å². The lowest BCUT2D eigenvalue weighted by atomic mass is 10.1. The Morgan fingerprint density at radius 2 is 2.17 bits per heavy atom. The Balaban J connectivity index is 1.98. The summed E-state index contributed by atoms with van der Waals surface area (Å²) in [5, 5.41) is 8.83. The predicted octanol–water partition coefficient (Wildman–Crippen LogP) is -0.394. The average molecular weight is 251 g/mol. The second-order valence-electron chi connectivity index (χ2n) is 4.69. The maximum Gasteiger partial charge on any atom is 0.245 e. The first-order chi connectivity index (χ1) is 8.63. The number of carbonyl (C=O) groups is 2. The van der Waals surface area contributed by atoms with Crippen LogP contribution in [0.1, 0.15) is 13.3 Å². The first-order valence-electron chi connectivity index (χ1n) is 6.19. The molecule has 0 saturated carbocycles. The lowest BCUT2D eigenvalue weighted by molar-refractivity contribution is -0.145. The first kappa shape index (κ1) is 12.8. The van der Waals surface area contributed by atoms with Gasteiger partial charge in [-0.3, -0.25) is 9.59 Å². The topological polar surface area (TPSA) is 73.6 Å². The molecule has 2 atom stereocenters. The van der Waals surface area contributed by atoms with E-state index in [0.717, 1.165) is 0 Å². The molecule has 0 bridgehead atoms. The Labute approximate surface area is 106 Å². The molecule has 0 radical (unpaired) electrons. The molecule has 2 aliphatic rings. The van der Waals surface area contributed by atoms with Crippen molar-refractivity contribution in [2.45, 2.75) is 19.4 Å². The second kappa shape index (κ2) is 5.36. The molecule has 18 heavy (non-hydrogen) atoms. The molecule has 2 rings (SSSR count). The van der Waals surface area contributed by atoms with E-state index in [0.29, 0.717) is 32.8 Å². The highest BCUT2D eigenvalue weighted by Gasteiger charge is 2.37. The molecule has 2 aliphatic heterocycles. The minimum Gasteiger partial charge on any atom is -0.378 e. The molecule has 2 fully saturated rings. The molecule has 0 aromatic heterocycles. The van der Waals surface area contributed by atoms with E-state index in [4.69, 9.17) is 10.00 Å². The minimum atomic E-state index is -0.478. The maximum atomic E-state index is 12.2. The van der Waals surface area contributed by atoms with Crippen molar-refractivity contribution < 1.29 is 14.3 Å². The van der Waals surface area contributed by atoms with Gasteiger partial charge in [0.1, 0.15) is 6.04 Å². The Hall–Kier alpha value is -1.61. The van der Waals surface area contributed by atoms with Crippen LogP contribution in [-0.4, -0.2) is 60.5 Å². The summed E-state index contributed by atoms with van der Waals surface area (Å²) in [5.41, 5.74) is 0. The lowest BCUT2D eigenvalue weighted by Gasteiger charge is -2.32. The number of nitriles is 1. The average Bonchev–Trinajstić information content (AvgIpc) is 2.79. The molecule has 6 heteroatoms. The minimum absolute atomic E-state index is 0.0507. The number of amides is 2. The summed E-state index contributed by atoms with van der Waals surface area (Å²) in [7, 11) is 0. The van der Waals surface area contributed by atoms with Gasteiger partial charge in [0.25, 0.3) is 0 Å². The molecule has 0 aliphatic carbocycles. The molecule has 0 spiro atoms. The Morgan fingerprint density at radius 3 is 2.72 bits per heavy atom. The Bertz CT molecular complexity index is 385. The van der Waals surface area contributed by atoms with Crippen molar-refractivity contribution in [1.29, 1.82) is 5.26 Å². The van der Waals surface area contributed by atoms with Crippen molar-refractivity contribution in [2.75, 3.05) is 32.8 Å². The monoisotopic (exact) mass is 251 g/mol. The fraction of sp³-hybridized carbons (Fsp3) is 0.750. The van der Waals surface area contributed by atoms with Crippen molar-refractivity contribution >= 4 is 11.8 Å². The third kappa shape index (κ3) is 2.46. The highest BCUT2D eigenvalue weighted by Crippen LogP contribution is 2.20. The lowest BCUT2D eigenvalue weighted by Crippen LogP contribution is -2.51. The number of morpholine rings is 1. The smallest absolute Gasteiger partial charge is 0.245 e. The van der Waals surface area contributed by atoms with E-state index in [9.17, 15) is 9.59 Å². The van der Waals surface area contributed by atoms with Crippen molar-refractivity contribution in [3.63, 3.8) is 0 Å². The molecule has 6 nitrogen and oxygen atoms in total. The fourth-order valence-corrected chi connectivity index (χ4v) is 2.37. The van der Waals surface area contributed by atoms with E-state index in [1.165, 1.54) is 4.90 Å². The maximum absolute atomic E-state index is 12.2. The van der Waals surface area contributed by atoms with Gasteiger partial charge >= 0.3 is 0 Å². The van der Waals surface area contributed by atoms with Gasteiger partial charge in [-0.2, -0.15) is 5.26 Å². The molecule has 0 aromatic carbocycles. The van der Waals surface area contributed by atoms with Crippen LogP contribution in [0.25, 0.3) is 0 Å². The number of hydrogen-bond donors (Lipinski definition) is 0. The molecular formula is C12H17N3O3. The van der Waals surface area contributed by atoms with Crippen molar-refractivity contribution in [3.05, 3.63) is 0 Å². The summed E-state index contributed by atoms with van der Waals surface area (Å²) >= 11 is 0. The van der Waals surface area contributed by atoms with E-state index in [2.05, 4.69) is 6.07 Å². The van der Waals surface area contributed by atoms with E-state index in [1.807, 2.05) is 0 Å². The van der Waals surface area contributed by atoms with Crippen LogP contribution < -0.4 is 0 Å². The standard InChI is InChI=1S/C12H17N3O3/c1-9(12(17)14-2-4-18-5-3-14)15-8-10(7-13)6-11(15)16/h9-10H,2-6,8H2,1H3. The van der Waals surface area contributed by atoms with Crippen molar-refractivity contribution in [2.24, 2.45) is 5.92 Å². The van der Waals surface area contributed by atoms with Crippen LogP contribution in [0, 0.1) is 17.2 Å². The van der Waals surface area contributed by atoms with Crippen LogP contribution in [0.4, 0.5) is 0 Å². The predicted molar refractivity (Wildman–Crippen MR) is 62.3 cm³/mol. The molecule has 2 saturated heterocycles. The summed E-state index contributed by atoms with van der Waals surface area (Å²) in [6.07, 6.45) is 0.233. The zero-order valence-electron chi connectivity index (χ0n) is 10.5. The SMILES string of the molecule is CC(C(=O)N1CCOCC1)N1CC(C#N)CC1=O. The number of rotatable bonds is 2. The van der Waals surface area contributed by atoms with Gasteiger partial charge in [-0.1, -0.05) is 0 Å². The van der Waals surface area contributed by atoms with Gasteiger partial charge in [-0.05, 0) is 6.92 Å². The van der Waals surface area contributed by atoms with Gasteiger partial charge in [0.15, 0.2) is 0 Å². The summed E-state index contributed by atoms with van der Waals surface area (Å²) < 4.78 is 5.19. The number of carbonyl (C=O) groups excluding carboxylic acids is 2. The van der Waals surface area contributed by atoms with Gasteiger partial charge in [0.05, 0.1) is 25.2 Å². The number of hydrogen-bond acceptors (Lipinski definition) is 4. The van der Waals surface area contributed by atoms with Crippen LogP contribution in [0.3, 0.4) is 0 Å². The van der Waals surface area contributed by atoms with E-state index in [1.54, 1.807) is 11.8 Å². The molecule has 2 unspecified atom stereocenters. The van der Waals surface area contributed by atoms with Gasteiger partial charge in [0.2, 0.25) is 11.8 Å². The Kier molecular flexibility index (Phi) is 3.82. The fourth-order valence-electron chi connectivity index (χ4n) is 2.37. The summed E-state index contributed by atoms with van der Waals surface area (Å²) in [4.78, 5) is 27.2. The van der Waals surface area contributed by atoms with Crippen molar-refractivity contribution in [1.82, 2.24) is 9.80 Å². The highest BCUT2D eigenvalue weighted by molar-refractivity contribution is 5.88. The van der Waals surface area contributed by atoms with Gasteiger partial charge in [0, 0.05) is 26.1 Å². The van der Waals surface area contributed by atoms with Crippen molar-refractivity contribution in [3.8, 4) is 6.07 Å².